The lowest BCUT2D eigenvalue weighted by Crippen LogP contribution is -2.57. The molecule has 4 atom stereocenters. The van der Waals surface area contributed by atoms with Crippen LogP contribution in [0, 0.1) is 5.92 Å². The zero-order valence-electron chi connectivity index (χ0n) is 21.9. The first-order valence-corrected chi connectivity index (χ1v) is 12.8. The molecular formula is C28H36N4O5. The Morgan fingerprint density at radius 2 is 1.73 bits per heavy atom. The second-order valence-corrected chi connectivity index (χ2v) is 11.1. The summed E-state index contributed by atoms with van der Waals surface area (Å²) >= 11 is 0. The van der Waals surface area contributed by atoms with Crippen LogP contribution < -0.4 is 16.2 Å². The van der Waals surface area contributed by atoms with Crippen molar-refractivity contribution in [3.05, 3.63) is 70.1 Å². The summed E-state index contributed by atoms with van der Waals surface area (Å²) < 4.78 is 7.18. The number of carbonyl (C=O) groups is 3. The van der Waals surface area contributed by atoms with Crippen LogP contribution >= 0.6 is 0 Å². The van der Waals surface area contributed by atoms with E-state index in [9.17, 15) is 19.2 Å². The Hall–Kier alpha value is -3.62. The predicted octanol–water partition coefficient (Wildman–Crippen LogP) is 2.43. The average molecular weight is 509 g/mol. The van der Waals surface area contributed by atoms with E-state index in [4.69, 9.17) is 4.74 Å². The Morgan fingerprint density at radius 1 is 1.00 bits per heavy atom. The lowest BCUT2D eigenvalue weighted by atomic mass is 9.83. The topological polar surface area (TPSA) is 110 Å². The van der Waals surface area contributed by atoms with Gasteiger partial charge in [-0.25, -0.2) is 4.79 Å². The van der Waals surface area contributed by atoms with Crippen molar-refractivity contribution in [3.8, 4) is 0 Å². The summed E-state index contributed by atoms with van der Waals surface area (Å²) in [5, 5.41) is 5.47. The van der Waals surface area contributed by atoms with Gasteiger partial charge in [-0.2, -0.15) is 0 Å². The van der Waals surface area contributed by atoms with Crippen molar-refractivity contribution in [1.29, 1.82) is 0 Å². The minimum absolute atomic E-state index is 0.00504. The summed E-state index contributed by atoms with van der Waals surface area (Å²) in [6.45, 7) is 8.56. The van der Waals surface area contributed by atoms with Gasteiger partial charge in [0.15, 0.2) is 0 Å². The molecule has 3 amide bonds. The number of nitrogens with one attached hydrogen (secondary N) is 2. The highest BCUT2D eigenvalue weighted by molar-refractivity contribution is 5.91. The molecule has 198 valence electrons. The number of pyridine rings is 1. The summed E-state index contributed by atoms with van der Waals surface area (Å²) in [6.07, 6.45) is 0.499. The van der Waals surface area contributed by atoms with Crippen molar-refractivity contribution in [1.82, 2.24) is 20.1 Å². The molecular weight excluding hydrogens is 472 g/mol. The Kier molecular flexibility index (Phi) is 7.71. The molecule has 0 saturated carbocycles. The number of alkyl carbamates (subject to hydrolysis) is 1. The van der Waals surface area contributed by atoms with E-state index in [2.05, 4.69) is 10.6 Å². The average Bonchev–Trinajstić information content (AvgIpc) is 2.83. The van der Waals surface area contributed by atoms with Crippen molar-refractivity contribution >= 4 is 17.9 Å². The van der Waals surface area contributed by atoms with Gasteiger partial charge in [0.25, 0.3) is 5.56 Å². The number of hydrogen-bond acceptors (Lipinski definition) is 5. The number of rotatable bonds is 6. The van der Waals surface area contributed by atoms with Crippen LogP contribution in [-0.4, -0.2) is 58.1 Å². The molecule has 0 aliphatic carbocycles. The van der Waals surface area contributed by atoms with Gasteiger partial charge < -0.3 is 24.8 Å². The number of amides is 3. The fourth-order valence-electron chi connectivity index (χ4n) is 5.23. The number of likely N-dealkylation sites (tertiary alicyclic amines) is 1. The Morgan fingerprint density at radius 3 is 2.43 bits per heavy atom. The molecule has 2 bridgehead atoms. The number of aromatic nitrogens is 1. The van der Waals surface area contributed by atoms with Crippen LogP contribution in [-0.2, 0) is 27.3 Å². The van der Waals surface area contributed by atoms with Crippen LogP contribution in [0.5, 0.6) is 0 Å². The molecule has 37 heavy (non-hydrogen) atoms. The van der Waals surface area contributed by atoms with Crippen LogP contribution in [0.25, 0.3) is 0 Å². The number of fused-ring (bicyclic) bond motifs is 4. The number of nitrogens with zero attached hydrogens (tertiary/aromatic N) is 2. The standard InChI is InChI=1S/C28H36N4O5/c1-18(26(35)31-15-20-13-21(17-31)23-11-8-12-24(33)32(23)16-20)29-25(34)22(14-19-9-6-5-7-10-19)30-27(36)37-28(2,3)4/h5-12,18,20-22H,13-17H2,1-4H3,(H,29,34)(H,30,36)/t18-,20+,21+,22+/m0/s1. The van der Waals surface area contributed by atoms with Gasteiger partial charge >= 0.3 is 6.09 Å². The van der Waals surface area contributed by atoms with E-state index in [1.807, 2.05) is 41.0 Å². The molecule has 2 aliphatic heterocycles. The summed E-state index contributed by atoms with van der Waals surface area (Å²) in [7, 11) is 0. The Bertz CT molecular complexity index is 1200. The molecule has 0 radical (unpaired) electrons. The molecule has 3 heterocycles. The molecule has 0 unspecified atom stereocenters. The van der Waals surface area contributed by atoms with E-state index < -0.39 is 29.7 Å². The highest BCUT2D eigenvalue weighted by Crippen LogP contribution is 2.35. The minimum atomic E-state index is -0.910. The summed E-state index contributed by atoms with van der Waals surface area (Å²) in [6, 6.07) is 13.0. The van der Waals surface area contributed by atoms with Gasteiger partial charge in [0.2, 0.25) is 11.8 Å². The van der Waals surface area contributed by atoms with Crippen LogP contribution in [0.4, 0.5) is 4.79 Å². The van der Waals surface area contributed by atoms with Gasteiger partial charge in [-0.15, -0.1) is 0 Å². The smallest absolute Gasteiger partial charge is 0.408 e. The summed E-state index contributed by atoms with van der Waals surface area (Å²) in [5.74, 6) is -0.346. The minimum Gasteiger partial charge on any atom is -0.444 e. The molecule has 1 fully saturated rings. The van der Waals surface area contributed by atoms with Crippen molar-refractivity contribution in [3.63, 3.8) is 0 Å². The maximum absolute atomic E-state index is 13.4. The molecule has 0 spiro atoms. The summed E-state index contributed by atoms with van der Waals surface area (Å²) in [5.41, 5.74) is 1.12. The number of ether oxygens (including phenoxy) is 1. The van der Waals surface area contributed by atoms with Gasteiger partial charge in [-0.05, 0) is 51.7 Å². The molecule has 1 aromatic carbocycles. The maximum Gasteiger partial charge on any atom is 0.408 e. The van der Waals surface area contributed by atoms with E-state index in [0.29, 0.717) is 19.6 Å². The van der Waals surface area contributed by atoms with E-state index in [0.717, 1.165) is 17.7 Å². The van der Waals surface area contributed by atoms with Crippen molar-refractivity contribution in [2.24, 2.45) is 5.92 Å². The monoisotopic (exact) mass is 508 g/mol. The van der Waals surface area contributed by atoms with E-state index >= 15 is 0 Å². The molecule has 2 N–H and O–H groups in total. The Balaban J connectivity index is 1.43. The molecule has 4 rings (SSSR count). The number of hydrogen-bond donors (Lipinski definition) is 2. The highest BCUT2D eigenvalue weighted by atomic mass is 16.6. The molecule has 1 saturated heterocycles. The highest BCUT2D eigenvalue weighted by Gasteiger charge is 2.38. The van der Waals surface area contributed by atoms with Crippen molar-refractivity contribution in [2.75, 3.05) is 13.1 Å². The molecule has 2 aromatic rings. The van der Waals surface area contributed by atoms with Crippen LogP contribution in [0.2, 0.25) is 0 Å². The second-order valence-electron chi connectivity index (χ2n) is 11.1. The largest absolute Gasteiger partial charge is 0.444 e. The molecule has 9 nitrogen and oxygen atoms in total. The maximum atomic E-state index is 13.4. The second kappa shape index (κ2) is 10.8. The lowest BCUT2D eigenvalue weighted by molar-refractivity contribution is -0.138. The van der Waals surface area contributed by atoms with Gasteiger partial charge in [0.1, 0.15) is 17.7 Å². The van der Waals surface area contributed by atoms with Crippen molar-refractivity contribution in [2.45, 2.75) is 70.7 Å². The van der Waals surface area contributed by atoms with Crippen LogP contribution in [0.15, 0.2) is 53.3 Å². The van der Waals surface area contributed by atoms with Gasteiger partial charge in [-0.1, -0.05) is 36.4 Å². The third kappa shape index (κ3) is 6.58. The Labute approximate surface area is 217 Å². The van der Waals surface area contributed by atoms with E-state index in [1.165, 1.54) is 0 Å². The fourth-order valence-corrected chi connectivity index (χ4v) is 5.23. The first kappa shape index (κ1) is 26.4. The number of piperidine rings is 1. The van der Waals surface area contributed by atoms with Crippen LogP contribution in [0.3, 0.4) is 0 Å². The van der Waals surface area contributed by atoms with Crippen LogP contribution in [0.1, 0.15) is 51.3 Å². The quantitative estimate of drug-likeness (QED) is 0.623. The van der Waals surface area contributed by atoms with Gasteiger partial charge in [0.05, 0.1) is 0 Å². The third-order valence-electron chi connectivity index (χ3n) is 6.81. The van der Waals surface area contributed by atoms with E-state index in [1.54, 1.807) is 44.7 Å². The number of benzene rings is 1. The molecule has 2 aliphatic rings. The summed E-state index contributed by atoms with van der Waals surface area (Å²) in [4.78, 5) is 53.1. The van der Waals surface area contributed by atoms with Crippen molar-refractivity contribution < 1.29 is 19.1 Å². The SMILES string of the molecule is C[C@H](NC(=O)[C@@H](Cc1ccccc1)NC(=O)OC(C)(C)C)C(=O)N1C[C@H]2C[C@H](C1)c1cccc(=O)n1C2. The molecule has 9 heteroatoms. The first-order valence-electron chi connectivity index (χ1n) is 12.8. The third-order valence-corrected chi connectivity index (χ3v) is 6.81. The first-order chi connectivity index (χ1) is 17.5. The fraction of sp³-hybridized carbons (Fsp3) is 0.500. The van der Waals surface area contributed by atoms with Gasteiger partial charge in [-0.3, -0.25) is 14.4 Å². The lowest BCUT2D eigenvalue weighted by Gasteiger charge is -2.43. The number of carbonyl (C=O) groups excluding carboxylic acids is 3. The molecule has 1 aromatic heterocycles. The zero-order valence-corrected chi connectivity index (χ0v) is 21.9. The zero-order chi connectivity index (χ0) is 26.7. The predicted molar refractivity (Wildman–Crippen MR) is 139 cm³/mol. The normalized spacial score (nSPS) is 20.3. The van der Waals surface area contributed by atoms with Gasteiger partial charge in [0, 0.05) is 43.7 Å². The van der Waals surface area contributed by atoms with E-state index in [-0.39, 0.29) is 29.7 Å².